The van der Waals surface area contributed by atoms with Crippen LogP contribution in [-0.4, -0.2) is 54.6 Å². The lowest BCUT2D eigenvalue weighted by atomic mass is 10.1. The summed E-state index contributed by atoms with van der Waals surface area (Å²) in [7, 11) is -2.43. The summed E-state index contributed by atoms with van der Waals surface area (Å²) in [5.74, 6) is 0. The van der Waals surface area contributed by atoms with E-state index in [4.69, 9.17) is 5.11 Å². The van der Waals surface area contributed by atoms with Crippen molar-refractivity contribution in [3.63, 3.8) is 0 Å². The molecule has 0 bridgehead atoms. The van der Waals surface area contributed by atoms with Gasteiger partial charge in [-0.05, 0) is 6.07 Å². The Morgan fingerprint density at radius 2 is 2.04 bits per heavy atom. The Morgan fingerprint density at radius 1 is 1.40 bits per heavy atom. The molecule has 0 unspecified atom stereocenters. The SMILES string of the molecule is CN(CCO)c1cc2c(=O)n(NS(C)(=O)=O)c(=O)[nH]c2cc1[N+](=O)[O-]. The number of benzene rings is 1. The van der Waals surface area contributed by atoms with Gasteiger partial charge in [0.05, 0.1) is 28.7 Å². The van der Waals surface area contributed by atoms with E-state index in [1.165, 1.54) is 11.9 Å². The highest BCUT2D eigenvalue weighted by Gasteiger charge is 2.21. The summed E-state index contributed by atoms with van der Waals surface area (Å²) in [6.07, 6.45) is 0.763. The second kappa shape index (κ2) is 6.52. The summed E-state index contributed by atoms with van der Waals surface area (Å²) >= 11 is 0. The molecule has 25 heavy (non-hydrogen) atoms. The van der Waals surface area contributed by atoms with Gasteiger partial charge in [-0.15, -0.1) is 0 Å². The van der Waals surface area contributed by atoms with Crippen molar-refractivity contribution in [2.75, 3.05) is 36.2 Å². The summed E-state index contributed by atoms with van der Waals surface area (Å²) in [5, 5.41) is 20.1. The van der Waals surface area contributed by atoms with Gasteiger partial charge in [0.2, 0.25) is 10.0 Å². The van der Waals surface area contributed by atoms with E-state index >= 15 is 0 Å². The molecular weight excluding hydrogens is 358 g/mol. The molecular formula is C12H15N5O7S. The number of aliphatic hydroxyl groups excluding tert-OH is 1. The molecule has 0 radical (unpaired) electrons. The van der Waals surface area contributed by atoms with Gasteiger partial charge in [-0.25, -0.2) is 18.0 Å². The average Bonchev–Trinajstić information content (AvgIpc) is 2.49. The minimum Gasteiger partial charge on any atom is -0.395 e. The normalized spacial score (nSPS) is 11.5. The number of anilines is 1. The number of nitro groups is 1. The van der Waals surface area contributed by atoms with Gasteiger partial charge in [-0.1, -0.05) is 0 Å². The van der Waals surface area contributed by atoms with Crippen LogP contribution in [0.2, 0.25) is 0 Å². The zero-order valence-electron chi connectivity index (χ0n) is 13.2. The van der Waals surface area contributed by atoms with Crippen LogP contribution in [0, 0.1) is 10.1 Å². The average molecular weight is 373 g/mol. The Hall–Kier alpha value is -2.93. The summed E-state index contributed by atoms with van der Waals surface area (Å²) in [6, 6.07) is 2.16. The third-order valence-corrected chi connectivity index (χ3v) is 3.81. The molecule has 0 saturated heterocycles. The van der Waals surface area contributed by atoms with Crippen molar-refractivity contribution in [1.82, 2.24) is 9.66 Å². The fraction of sp³-hybridized carbons (Fsp3) is 0.333. The van der Waals surface area contributed by atoms with Crippen molar-refractivity contribution >= 4 is 32.3 Å². The highest BCUT2D eigenvalue weighted by molar-refractivity contribution is 7.91. The number of fused-ring (bicyclic) bond motifs is 1. The Kier molecular flexibility index (Phi) is 4.80. The van der Waals surface area contributed by atoms with Crippen LogP contribution in [0.1, 0.15) is 0 Å². The highest BCUT2D eigenvalue weighted by Crippen LogP contribution is 2.30. The maximum absolute atomic E-state index is 12.4. The molecule has 136 valence electrons. The first-order valence-corrected chi connectivity index (χ1v) is 8.71. The second-order valence-electron chi connectivity index (χ2n) is 5.22. The fourth-order valence-corrected chi connectivity index (χ4v) is 2.71. The largest absolute Gasteiger partial charge is 0.395 e. The molecule has 0 amide bonds. The lowest BCUT2D eigenvalue weighted by Gasteiger charge is -2.18. The minimum absolute atomic E-state index is 0.0293. The summed E-state index contributed by atoms with van der Waals surface area (Å²) in [6.45, 7) is -0.220. The predicted molar refractivity (Wildman–Crippen MR) is 90.0 cm³/mol. The van der Waals surface area contributed by atoms with Gasteiger partial charge in [-0.3, -0.25) is 14.9 Å². The van der Waals surface area contributed by atoms with Crippen LogP contribution in [0.4, 0.5) is 11.4 Å². The fourth-order valence-electron chi connectivity index (χ4n) is 2.21. The lowest BCUT2D eigenvalue weighted by Crippen LogP contribution is -2.43. The maximum Gasteiger partial charge on any atom is 0.348 e. The highest BCUT2D eigenvalue weighted by atomic mass is 32.2. The number of hydrogen-bond donors (Lipinski definition) is 3. The van der Waals surface area contributed by atoms with E-state index < -0.39 is 26.2 Å². The van der Waals surface area contributed by atoms with Gasteiger partial charge in [0, 0.05) is 19.7 Å². The van der Waals surface area contributed by atoms with Crippen molar-refractivity contribution in [2.24, 2.45) is 0 Å². The minimum atomic E-state index is -3.91. The van der Waals surface area contributed by atoms with E-state index in [1.54, 1.807) is 4.83 Å². The van der Waals surface area contributed by atoms with Crippen molar-refractivity contribution < 1.29 is 18.4 Å². The molecule has 1 aromatic heterocycles. The first kappa shape index (κ1) is 18.4. The van der Waals surface area contributed by atoms with Crippen LogP contribution in [-0.2, 0) is 10.0 Å². The van der Waals surface area contributed by atoms with E-state index in [0.717, 1.165) is 18.4 Å². The number of nitrogens with zero attached hydrogens (tertiary/aromatic N) is 3. The molecule has 0 aliphatic heterocycles. The van der Waals surface area contributed by atoms with Crippen molar-refractivity contribution in [2.45, 2.75) is 0 Å². The Bertz CT molecular complexity index is 1060. The van der Waals surface area contributed by atoms with Crippen LogP contribution in [0.15, 0.2) is 21.7 Å². The van der Waals surface area contributed by atoms with E-state index in [-0.39, 0.29) is 40.1 Å². The van der Waals surface area contributed by atoms with Crippen LogP contribution >= 0.6 is 0 Å². The third kappa shape index (κ3) is 3.77. The molecule has 2 aromatic rings. The zero-order valence-corrected chi connectivity index (χ0v) is 14.0. The number of nitrogens with one attached hydrogen (secondary N) is 2. The van der Waals surface area contributed by atoms with Crippen molar-refractivity contribution in [1.29, 1.82) is 0 Å². The molecule has 0 aliphatic rings. The van der Waals surface area contributed by atoms with Gasteiger partial charge in [-0.2, -0.15) is 4.68 Å². The summed E-state index contributed by atoms with van der Waals surface area (Å²) in [5.41, 5.74) is -2.55. The number of aromatic nitrogens is 2. The maximum atomic E-state index is 12.4. The van der Waals surface area contributed by atoms with Gasteiger partial charge in [0.15, 0.2) is 0 Å². The van der Waals surface area contributed by atoms with E-state index in [1.807, 2.05) is 0 Å². The smallest absolute Gasteiger partial charge is 0.348 e. The van der Waals surface area contributed by atoms with E-state index in [2.05, 4.69) is 4.98 Å². The number of likely N-dealkylation sites (N-methyl/N-ethyl adjacent to an activating group) is 1. The molecule has 0 spiro atoms. The molecule has 2 rings (SSSR count). The molecule has 1 heterocycles. The number of aliphatic hydroxyl groups is 1. The molecule has 1 aromatic carbocycles. The summed E-state index contributed by atoms with van der Waals surface area (Å²) in [4.78, 5) is 40.2. The number of aromatic amines is 1. The monoisotopic (exact) mass is 373 g/mol. The van der Waals surface area contributed by atoms with Gasteiger partial charge >= 0.3 is 5.69 Å². The molecule has 12 nitrogen and oxygen atoms in total. The van der Waals surface area contributed by atoms with Gasteiger partial charge < -0.3 is 15.0 Å². The van der Waals surface area contributed by atoms with E-state index in [9.17, 15) is 28.1 Å². The van der Waals surface area contributed by atoms with Gasteiger partial charge in [0.25, 0.3) is 11.2 Å². The topological polar surface area (TPSA) is 168 Å². The molecule has 3 N–H and O–H groups in total. The Balaban J connectivity index is 2.83. The van der Waals surface area contributed by atoms with Crippen LogP contribution < -0.4 is 21.0 Å². The number of hydrogen-bond acceptors (Lipinski definition) is 8. The first-order chi connectivity index (χ1) is 11.5. The molecule has 0 fully saturated rings. The molecule has 13 heteroatoms. The second-order valence-corrected chi connectivity index (χ2v) is 6.95. The van der Waals surface area contributed by atoms with Gasteiger partial charge in [0.1, 0.15) is 5.69 Å². The van der Waals surface area contributed by atoms with Crippen LogP contribution in [0.3, 0.4) is 0 Å². The van der Waals surface area contributed by atoms with E-state index in [0.29, 0.717) is 0 Å². The number of nitro benzene ring substituents is 1. The molecule has 0 saturated carbocycles. The van der Waals surface area contributed by atoms with Crippen LogP contribution in [0.25, 0.3) is 10.9 Å². The Labute approximate surface area is 140 Å². The van der Waals surface area contributed by atoms with Crippen LogP contribution in [0.5, 0.6) is 0 Å². The quantitative estimate of drug-likeness (QED) is 0.407. The number of H-pyrrole nitrogens is 1. The lowest BCUT2D eigenvalue weighted by molar-refractivity contribution is -0.384. The Morgan fingerprint density at radius 3 is 2.56 bits per heavy atom. The number of rotatable bonds is 6. The standard InChI is InChI=1S/C12H15N5O7S/c1-15(3-4-18)9-5-7-8(6-10(9)17(21)22)13-12(20)16(11(7)19)14-25(2,23)24/h5-6,14,18H,3-4H2,1-2H3,(H,13,20). The molecule has 0 atom stereocenters. The first-order valence-electron chi connectivity index (χ1n) is 6.82. The molecule has 0 aliphatic carbocycles. The zero-order chi connectivity index (χ0) is 18.9. The predicted octanol–water partition coefficient (Wildman–Crippen LogP) is -1.47. The number of sulfonamides is 1. The van der Waals surface area contributed by atoms with Crippen molar-refractivity contribution in [3.8, 4) is 0 Å². The summed E-state index contributed by atoms with van der Waals surface area (Å²) < 4.78 is 22.9. The van der Waals surface area contributed by atoms with Crippen molar-refractivity contribution in [3.05, 3.63) is 43.1 Å². The third-order valence-electron chi connectivity index (χ3n) is 3.29.